The van der Waals surface area contributed by atoms with Gasteiger partial charge in [-0.3, -0.25) is 4.79 Å². The molecule has 8 heteroatoms. The third-order valence-corrected chi connectivity index (χ3v) is 4.45. The topological polar surface area (TPSA) is 55.0 Å². The molecule has 0 atom stereocenters. The maximum Gasteiger partial charge on any atom is 0.264 e. The Bertz CT molecular complexity index is 974. The molecule has 3 rings (SSSR count). The van der Waals surface area contributed by atoms with Crippen LogP contribution in [0.5, 0.6) is 11.5 Å². The summed E-state index contributed by atoms with van der Waals surface area (Å²) in [6, 6.07) is 10.9. The fraction of sp³-hybridized carbons (Fsp3) is 0.0588. The predicted octanol–water partition coefficient (Wildman–Crippen LogP) is 5.36. The molecule has 128 valence electrons. The fourth-order valence-corrected chi connectivity index (χ4v) is 2.82. The van der Waals surface area contributed by atoms with Crippen LogP contribution in [0.2, 0.25) is 10.0 Å². The first-order chi connectivity index (χ1) is 11.9. The molecule has 4 nitrogen and oxygen atoms in total. The molecule has 0 amide bonds. The van der Waals surface area contributed by atoms with Crippen molar-refractivity contribution in [1.82, 2.24) is 10.2 Å². The van der Waals surface area contributed by atoms with Crippen molar-refractivity contribution in [1.29, 1.82) is 0 Å². The summed E-state index contributed by atoms with van der Waals surface area (Å²) in [4.78, 5) is 11.1. The van der Waals surface area contributed by atoms with E-state index in [2.05, 4.69) is 26.1 Å². The third kappa shape index (κ3) is 4.21. The number of benzene rings is 2. The highest BCUT2D eigenvalue weighted by atomic mass is 79.9. The Morgan fingerprint density at radius 2 is 1.88 bits per heavy atom. The second-order valence-electron chi connectivity index (χ2n) is 5.12. The van der Waals surface area contributed by atoms with Crippen LogP contribution in [0.4, 0.5) is 4.39 Å². The molecule has 0 aliphatic carbocycles. The fourth-order valence-electron chi connectivity index (χ4n) is 2.14. The second-order valence-corrected chi connectivity index (χ2v) is 6.85. The van der Waals surface area contributed by atoms with Gasteiger partial charge in [0.05, 0.1) is 15.7 Å². The van der Waals surface area contributed by atoms with Gasteiger partial charge in [0.25, 0.3) is 5.56 Å². The molecular weight excluding hydrogens is 434 g/mol. The van der Waals surface area contributed by atoms with Gasteiger partial charge in [-0.15, -0.1) is 0 Å². The van der Waals surface area contributed by atoms with Crippen molar-refractivity contribution in [3.05, 3.63) is 84.4 Å². The van der Waals surface area contributed by atoms with Crippen molar-refractivity contribution in [2.75, 3.05) is 0 Å². The van der Waals surface area contributed by atoms with Gasteiger partial charge in [0.2, 0.25) is 0 Å². The first-order valence-corrected chi connectivity index (χ1v) is 8.63. The Labute approximate surface area is 160 Å². The molecule has 0 radical (unpaired) electrons. The molecule has 1 N–H and O–H groups in total. The van der Waals surface area contributed by atoms with Crippen LogP contribution in [0.3, 0.4) is 0 Å². The minimum Gasteiger partial charge on any atom is -0.451 e. The van der Waals surface area contributed by atoms with Crippen molar-refractivity contribution < 1.29 is 9.13 Å². The van der Waals surface area contributed by atoms with Gasteiger partial charge >= 0.3 is 0 Å². The van der Waals surface area contributed by atoms with Crippen LogP contribution in [-0.4, -0.2) is 10.2 Å². The number of halogens is 4. The minimum absolute atomic E-state index is 0.117. The third-order valence-electron chi connectivity index (χ3n) is 3.34. The molecule has 1 aromatic heterocycles. The largest absolute Gasteiger partial charge is 0.451 e. The number of ether oxygens (including phenoxy) is 1. The summed E-state index contributed by atoms with van der Waals surface area (Å²) in [6.45, 7) is 0. The lowest BCUT2D eigenvalue weighted by Gasteiger charge is -2.13. The zero-order valence-electron chi connectivity index (χ0n) is 12.5. The number of hydrogen-bond donors (Lipinski definition) is 1. The van der Waals surface area contributed by atoms with Crippen LogP contribution in [0, 0.1) is 5.82 Å². The van der Waals surface area contributed by atoms with E-state index in [9.17, 15) is 9.18 Å². The molecule has 0 aliphatic rings. The lowest BCUT2D eigenvalue weighted by atomic mass is 10.1. The van der Waals surface area contributed by atoms with Crippen molar-refractivity contribution in [2.24, 2.45) is 0 Å². The van der Waals surface area contributed by atoms with Gasteiger partial charge in [0.1, 0.15) is 5.75 Å². The van der Waals surface area contributed by atoms with Crippen molar-refractivity contribution in [2.45, 2.75) is 6.42 Å². The Morgan fingerprint density at radius 3 is 2.60 bits per heavy atom. The lowest BCUT2D eigenvalue weighted by molar-refractivity contribution is 0.439. The Balaban J connectivity index is 1.95. The van der Waals surface area contributed by atoms with Gasteiger partial charge in [0.15, 0.2) is 11.6 Å². The van der Waals surface area contributed by atoms with Crippen LogP contribution in [-0.2, 0) is 6.42 Å². The molecule has 25 heavy (non-hydrogen) atoms. The van der Waals surface area contributed by atoms with E-state index in [4.69, 9.17) is 27.9 Å². The maximum absolute atomic E-state index is 14.9. The number of nitrogens with one attached hydrogen (secondary N) is 1. The molecule has 0 saturated heterocycles. The molecule has 2 aromatic carbocycles. The Morgan fingerprint density at radius 1 is 1.12 bits per heavy atom. The van der Waals surface area contributed by atoms with Gasteiger partial charge in [-0.2, -0.15) is 5.10 Å². The zero-order chi connectivity index (χ0) is 18.0. The number of aromatic amines is 1. The summed E-state index contributed by atoms with van der Waals surface area (Å²) in [5.41, 5.74) is 0.506. The maximum atomic E-state index is 14.9. The summed E-state index contributed by atoms with van der Waals surface area (Å²) >= 11 is 15.5. The molecule has 0 saturated carbocycles. The van der Waals surface area contributed by atoms with E-state index < -0.39 is 5.82 Å². The van der Waals surface area contributed by atoms with Crippen molar-refractivity contribution in [3.63, 3.8) is 0 Å². The van der Waals surface area contributed by atoms with E-state index in [0.29, 0.717) is 16.3 Å². The molecular formula is C17H10BrCl2FN2O2. The first-order valence-electron chi connectivity index (χ1n) is 7.08. The number of hydrogen-bond acceptors (Lipinski definition) is 3. The van der Waals surface area contributed by atoms with E-state index >= 15 is 0 Å². The van der Waals surface area contributed by atoms with Gasteiger partial charge < -0.3 is 4.74 Å². The number of nitrogens with zero attached hydrogens (tertiary/aromatic N) is 1. The predicted molar refractivity (Wildman–Crippen MR) is 98.3 cm³/mol. The van der Waals surface area contributed by atoms with E-state index in [0.717, 1.165) is 4.47 Å². The molecule has 1 heterocycles. The summed E-state index contributed by atoms with van der Waals surface area (Å²) in [5.74, 6) is -0.462. The summed E-state index contributed by atoms with van der Waals surface area (Å²) in [7, 11) is 0. The average Bonchev–Trinajstić information content (AvgIpc) is 2.59. The van der Waals surface area contributed by atoms with E-state index in [-0.39, 0.29) is 28.5 Å². The monoisotopic (exact) mass is 442 g/mol. The highest BCUT2D eigenvalue weighted by Crippen LogP contribution is 2.38. The highest BCUT2D eigenvalue weighted by Gasteiger charge is 2.17. The highest BCUT2D eigenvalue weighted by molar-refractivity contribution is 9.10. The quantitative estimate of drug-likeness (QED) is 0.590. The van der Waals surface area contributed by atoms with Crippen LogP contribution in [0.15, 0.2) is 51.7 Å². The van der Waals surface area contributed by atoms with Crippen LogP contribution in [0.25, 0.3) is 0 Å². The smallest absolute Gasteiger partial charge is 0.264 e. The van der Waals surface area contributed by atoms with Crippen molar-refractivity contribution in [3.8, 4) is 11.5 Å². The van der Waals surface area contributed by atoms with Gasteiger partial charge in [-0.25, -0.2) is 9.49 Å². The van der Waals surface area contributed by atoms with Crippen LogP contribution >= 0.6 is 39.1 Å². The van der Waals surface area contributed by atoms with Gasteiger partial charge in [0, 0.05) is 17.0 Å². The van der Waals surface area contributed by atoms with Crippen molar-refractivity contribution >= 4 is 39.1 Å². The number of aromatic nitrogens is 2. The normalized spacial score (nSPS) is 10.7. The van der Waals surface area contributed by atoms with Gasteiger partial charge in [-0.05, 0) is 35.9 Å². The number of H-pyrrole nitrogens is 1. The first kappa shape index (κ1) is 17.9. The zero-order valence-corrected chi connectivity index (χ0v) is 15.6. The molecule has 0 unspecified atom stereocenters. The molecule has 0 fully saturated rings. The SMILES string of the molecule is O=c1ccc(Cc2ccc(Cl)c(Oc3cc(Br)ccc3Cl)c2F)n[nH]1. The Kier molecular flexibility index (Phi) is 5.42. The lowest BCUT2D eigenvalue weighted by Crippen LogP contribution is -2.08. The minimum atomic E-state index is -0.614. The number of rotatable bonds is 4. The molecule has 0 spiro atoms. The van der Waals surface area contributed by atoms with E-state index in [1.54, 1.807) is 24.3 Å². The summed E-state index contributed by atoms with van der Waals surface area (Å²) in [5, 5.41) is 6.63. The molecule has 3 aromatic rings. The molecule has 0 aliphatic heterocycles. The van der Waals surface area contributed by atoms with E-state index in [1.807, 2.05) is 0 Å². The summed E-state index contributed by atoms with van der Waals surface area (Å²) < 4.78 is 21.2. The van der Waals surface area contributed by atoms with E-state index in [1.165, 1.54) is 18.2 Å². The summed E-state index contributed by atoms with van der Waals surface area (Å²) in [6.07, 6.45) is 0.169. The molecule has 0 bridgehead atoms. The standard InChI is InChI=1S/C17H10BrCl2FN2O2/c18-10-2-5-12(19)14(8-10)25-17-13(20)4-1-9(16(17)21)7-11-3-6-15(24)23-22-11/h1-6,8H,7H2,(H,23,24). The average molecular weight is 444 g/mol. The second kappa shape index (κ2) is 7.56. The van der Waals surface area contributed by atoms with Gasteiger partial charge in [-0.1, -0.05) is 45.2 Å². The van der Waals surface area contributed by atoms with Crippen LogP contribution in [0.1, 0.15) is 11.3 Å². The van der Waals surface area contributed by atoms with Crippen LogP contribution < -0.4 is 10.3 Å². The Hall–Kier alpha value is -1.89.